The Hall–Kier alpha value is -2.94. The van der Waals surface area contributed by atoms with Gasteiger partial charge in [-0.15, -0.1) is 0 Å². The van der Waals surface area contributed by atoms with E-state index in [1.165, 1.54) is 6.07 Å². The van der Waals surface area contributed by atoms with Crippen LogP contribution in [0.4, 0.5) is 30.2 Å². The van der Waals surface area contributed by atoms with Crippen molar-refractivity contribution in [2.45, 2.75) is 25.6 Å². The Labute approximate surface area is 198 Å². The summed E-state index contributed by atoms with van der Waals surface area (Å²) in [7, 11) is 3.93. The minimum Gasteiger partial charge on any atom is -0.484 e. The van der Waals surface area contributed by atoms with Crippen molar-refractivity contribution < 1.29 is 22.7 Å². The van der Waals surface area contributed by atoms with E-state index < -0.39 is 17.3 Å². The molecule has 34 heavy (non-hydrogen) atoms. The second kappa shape index (κ2) is 9.02. The Morgan fingerprint density at radius 3 is 2.53 bits per heavy atom. The van der Waals surface area contributed by atoms with Crippen LogP contribution in [0.25, 0.3) is 0 Å². The molecule has 1 saturated heterocycles. The maximum atomic E-state index is 13.2. The molecular formula is C25H31F3N4O2. The number of hydrogen-bond acceptors (Lipinski definition) is 5. The van der Waals surface area contributed by atoms with Crippen LogP contribution in [0.5, 0.6) is 5.75 Å². The minimum absolute atomic E-state index is 0.0466. The van der Waals surface area contributed by atoms with Gasteiger partial charge in [0.15, 0.2) is 0 Å². The lowest BCUT2D eigenvalue weighted by atomic mass is 9.97. The lowest BCUT2D eigenvalue weighted by Gasteiger charge is -2.42. The van der Waals surface area contributed by atoms with Gasteiger partial charge in [0.05, 0.1) is 23.7 Å². The largest absolute Gasteiger partial charge is 0.484 e. The smallest absolute Gasteiger partial charge is 0.416 e. The number of fused-ring (bicyclic) bond motifs is 1. The van der Waals surface area contributed by atoms with E-state index >= 15 is 0 Å². The van der Waals surface area contributed by atoms with E-state index in [-0.39, 0.29) is 17.6 Å². The number of ether oxygens (including phenoxy) is 1. The number of carbonyl (C=O) groups is 1. The molecular weight excluding hydrogens is 445 g/mol. The molecule has 4 rings (SSSR count). The van der Waals surface area contributed by atoms with Crippen LogP contribution in [0.3, 0.4) is 0 Å². The van der Waals surface area contributed by atoms with Gasteiger partial charge >= 0.3 is 6.18 Å². The van der Waals surface area contributed by atoms with E-state index in [9.17, 15) is 18.0 Å². The third kappa shape index (κ3) is 5.24. The van der Waals surface area contributed by atoms with Crippen molar-refractivity contribution in [3.8, 4) is 5.75 Å². The monoisotopic (exact) mass is 476 g/mol. The molecule has 2 aromatic carbocycles. The molecule has 2 aliphatic rings. The number of alkyl halides is 3. The molecule has 0 bridgehead atoms. The molecule has 0 spiro atoms. The Morgan fingerprint density at radius 2 is 1.85 bits per heavy atom. The van der Waals surface area contributed by atoms with E-state index in [4.69, 9.17) is 4.74 Å². The van der Waals surface area contributed by atoms with E-state index in [2.05, 4.69) is 10.2 Å². The van der Waals surface area contributed by atoms with Crippen LogP contribution >= 0.6 is 0 Å². The summed E-state index contributed by atoms with van der Waals surface area (Å²) < 4.78 is 45.6. The van der Waals surface area contributed by atoms with Crippen molar-refractivity contribution in [2.24, 2.45) is 5.92 Å². The third-order valence-corrected chi connectivity index (χ3v) is 6.12. The first kappa shape index (κ1) is 24.2. The molecule has 184 valence electrons. The molecule has 1 amide bonds. The van der Waals surface area contributed by atoms with Gasteiger partial charge in [-0.1, -0.05) is 6.07 Å². The average Bonchev–Trinajstić information content (AvgIpc) is 2.70. The van der Waals surface area contributed by atoms with Crippen LogP contribution in [0.2, 0.25) is 0 Å². The van der Waals surface area contributed by atoms with E-state index in [1.807, 2.05) is 62.0 Å². The summed E-state index contributed by atoms with van der Waals surface area (Å²) >= 11 is 0. The second-order valence-corrected chi connectivity index (χ2v) is 9.84. The molecule has 6 nitrogen and oxygen atoms in total. The third-order valence-electron chi connectivity index (χ3n) is 6.12. The molecule has 1 fully saturated rings. The van der Waals surface area contributed by atoms with Crippen molar-refractivity contribution in [3.05, 3.63) is 48.0 Å². The van der Waals surface area contributed by atoms with Gasteiger partial charge < -0.3 is 24.8 Å². The summed E-state index contributed by atoms with van der Waals surface area (Å²) in [5.74, 6) is 0.239. The molecule has 0 aliphatic carbocycles. The van der Waals surface area contributed by atoms with Crippen molar-refractivity contribution in [2.75, 3.05) is 56.6 Å². The van der Waals surface area contributed by atoms with Gasteiger partial charge in [0, 0.05) is 37.6 Å². The number of amides is 1. The lowest BCUT2D eigenvalue weighted by Crippen LogP contribution is -2.54. The quantitative estimate of drug-likeness (QED) is 0.680. The molecule has 0 radical (unpaired) electrons. The van der Waals surface area contributed by atoms with Crippen LogP contribution in [-0.4, -0.2) is 63.2 Å². The van der Waals surface area contributed by atoms with Gasteiger partial charge in [-0.25, -0.2) is 0 Å². The highest BCUT2D eigenvalue weighted by molar-refractivity contribution is 5.82. The first-order valence-corrected chi connectivity index (χ1v) is 11.4. The zero-order valence-corrected chi connectivity index (χ0v) is 19.9. The number of nitrogens with one attached hydrogen (secondary N) is 1. The molecule has 1 N–H and O–H groups in total. The number of rotatable bonds is 6. The van der Waals surface area contributed by atoms with Gasteiger partial charge in [-0.3, -0.25) is 4.79 Å². The maximum absolute atomic E-state index is 13.2. The number of benzene rings is 2. The highest BCUT2D eigenvalue weighted by atomic mass is 19.4. The summed E-state index contributed by atoms with van der Waals surface area (Å²) in [5, 5.41) is 2.98. The Morgan fingerprint density at radius 1 is 1.15 bits per heavy atom. The van der Waals surface area contributed by atoms with Gasteiger partial charge in [-0.2, -0.15) is 13.2 Å². The first-order valence-electron chi connectivity index (χ1n) is 11.4. The molecule has 2 aliphatic heterocycles. The topological polar surface area (TPSA) is 48.1 Å². The Kier molecular flexibility index (Phi) is 6.42. The van der Waals surface area contributed by atoms with Crippen LogP contribution in [0.1, 0.15) is 19.4 Å². The highest BCUT2D eigenvalue weighted by Crippen LogP contribution is 2.44. The summed E-state index contributed by atoms with van der Waals surface area (Å²) in [6.45, 7) is 6.91. The number of carbonyl (C=O) groups excluding carboxylic acids is 1. The van der Waals surface area contributed by atoms with Gasteiger partial charge in [-0.05, 0) is 64.3 Å². The van der Waals surface area contributed by atoms with Crippen molar-refractivity contribution in [1.29, 1.82) is 0 Å². The van der Waals surface area contributed by atoms with Crippen LogP contribution in [-0.2, 0) is 11.0 Å². The standard InChI is InChI=1S/C25H31F3N4O2/c1-24(2)16-32(21-9-8-18(25(26,27)28)12-22(21)34-24)20-7-5-6-19(13-20)31-14-17(15-31)23(33)29-10-11-30(3)4/h5-9,12-13,17H,10-11,14-16H2,1-4H3,(H,29,33). The zero-order valence-electron chi connectivity index (χ0n) is 19.9. The summed E-state index contributed by atoms with van der Waals surface area (Å²) in [5.41, 5.74) is 1.06. The predicted octanol–water partition coefficient (Wildman–Crippen LogP) is 4.13. The molecule has 0 saturated carbocycles. The minimum atomic E-state index is -4.43. The van der Waals surface area contributed by atoms with Gasteiger partial charge in [0.25, 0.3) is 0 Å². The number of nitrogens with zero attached hydrogens (tertiary/aromatic N) is 3. The van der Waals surface area contributed by atoms with Crippen molar-refractivity contribution in [1.82, 2.24) is 10.2 Å². The zero-order chi connectivity index (χ0) is 24.7. The van der Waals surface area contributed by atoms with E-state index in [1.54, 1.807) is 0 Å². The van der Waals surface area contributed by atoms with Gasteiger partial charge in [0.2, 0.25) is 5.91 Å². The van der Waals surface area contributed by atoms with Crippen molar-refractivity contribution >= 4 is 23.0 Å². The normalized spacial score (nSPS) is 17.8. The number of anilines is 3. The van der Waals surface area contributed by atoms with E-state index in [0.29, 0.717) is 31.9 Å². The van der Waals surface area contributed by atoms with Gasteiger partial charge in [0.1, 0.15) is 11.4 Å². The summed E-state index contributed by atoms with van der Waals surface area (Å²) in [6, 6.07) is 11.5. The maximum Gasteiger partial charge on any atom is 0.416 e. The lowest BCUT2D eigenvalue weighted by molar-refractivity contribution is -0.137. The molecule has 2 heterocycles. The molecule has 9 heteroatoms. The van der Waals surface area contributed by atoms with E-state index in [0.717, 1.165) is 30.1 Å². The fourth-order valence-electron chi connectivity index (χ4n) is 4.28. The molecule has 2 aromatic rings. The fraction of sp³-hybridized carbons (Fsp3) is 0.480. The van der Waals surface area contributed by atoms with Crippen LogP contribution < -0.4 is 19.9 Å². The number of likely N-dealkylation sites (N-methyl/N-ethyl adjacent to an activating group) is 1. The summed E-state index contributed by atoms with van der Waals surface area (Å²) in [4.78, 5) is 18.5. The molecule has 0 unspecified atom stereocenters. The number of hydrogen-bond donors (Lipinski definition) is 1. The predicted molar refractivity (Wildman–Crippen MR) is 127 cm³/mol. The number of halogens is 3. The second-order valence-electron chi connectivity index (χ2n) is 9.84. The Bertz CT molecular complexity index is 1050. The first-order chi connectivity index (χ1) is 15.9. The summed E-state index contributed by atoms with van der Waals surface area (Å²) in [6.07, 6.45) is -4.43. The Balaban J connectivity index is 1.50. The van der Waals surface area contributed by atoms with Crippen LogP contribution in [0.15, 0.2) is 42.5 Å². The molecule has 0 atom stereocenters. The average molecular weight is 477 g/mol. The SMILES string of the molecule is CN(C)CCNC(=O)C1CN(c2cccc(N3CC(C)(C)Oc4cc(C(F)(F)F)ccc43)c2)C1. The highest BCUT2D eigenvalue weighted by Gasteiger charge is 2.37. The van der Waals surface area contributed by atoms with Crippen molar-refractivity contribution in [3.63, 3.8) is 0 Å². The molecule has 0 aromatic heterocycles. The fourth-order valence-corrected chi connectivity index (χ4v) is 4.28. The van der Waals surface area contributed by atoms with Crippen LogP contribution in [0, 0.1) is 5.92 Å².